The van der Waals surface area contributed by atoms with E-state index in [1.54, 1.807) is 11.3 Å². The zero-order chi connectivity index (χ0) is 22.0. The second kappa shape index (κ2) is 9.47. The number of fused-ring (bicyclic) bond motifs is 1. The number of thiazole rings is 1. The zero-order valence-corrected chi connectivity index (χ0v) is 19.7. The number of carbonyl (C=O) groups excluding carboxylic acids is 1. The molecular weight excluding hydrogens is 406 g/mol. The molecule has 0 unspecified atom stereocenters. The normalized spacial score (nSPS) is 14.8. The van der Waals surface area contributed by atoms with Crippen LogP contribution in [0.3, 0.4) is 0 Å². The second-order valence-corrected chi connectivity index (χ2v) is 9.49. The Hall–Kier alpha value is -2.28. The van der Waals surface area contributed by atoms with E-state index in [1.165, 1.54) is 11.1 Å². The Kier molecular flexibility index (Phi) is 6.70. The molecule has 2 aromatic carbocycles. The van der Waals surface area contributed by atoms with Gasteiger partial charge in [-0.05, 0) is 69.0 Å². The van der Waals surface area contributed by atoms with Crippen molar-refractivity contribution in [2.24, 2.45) is 0 Å². The van der Waals surface area contributed by atoms with Crippen molar-refractivity contribution in [1.29, 1.82) is 0 Å². The van der Waals surface area contributed by atoms with Gasteiger partial charge in [-0.25, -0.2) is 4.98 Å². The molecule has 1 aromatic heterocycles. The van der Waals surface area contributed by atoms with E-state index >= 15 is 0 Å². The largest absolute Gasteiger partial charge is 0.379 e. The molecule has 4 rings (SSSR count). The van der Waals surface area contributed by atoms with Gasteiger partial charge in [0, 0.05) is 31.7 Å². The van der Waals surface area contributed by atoms with Crippen LogP contribution in [0.1, 0.15) is 39.0 Å². The minimum atomic E-state index is 0.0377. The van der Waals surface area contributed by atoms with Crippen molar-refractivity contribution in [3.05, 3.63) is 58.1 Å². The van der Waals surface area contributed by atoms with Gasteiger partial charge >= 0.3 is 0 Å². The highest BCUT2D eigenvalue weighted by Gasteiger charge is 2.23. The lowest BCUT2D eigenvalue weighted by Gasteiger charge is -2.28. The predicted octanol–water partition coefficient (Wildman–Crippen LogP) is 4.90. The number of rotatable bonds is 6. The quantitative estimate of drug-likeness (QED) is 0.550. The summed E-state index contributed by atoms with van der Waals surface area (Å²) in [7, 11) is 0. The number of aromatic nitrogens is 1. The molecule has 0 bridgehead atoms. The molecule has 1 aliphatic heterocycles. The third kappa shape index (κ3) is 4.97. The second-order valence-electron chi connectivity index (χ2n) is 8.48. The first-order valence-corrected chi connectivity index (χ1v) is 11.8. The first kappa shape index (κ1) is 21.9. The van der Waals surface area contributed by atoms with Crippen LogP contribution in [0.5, 0.6) is 0 Å². The first-order valence-electron chi connectivity index (χ1n) is 11.0. The Morgan fingerprint density at radius 3 is 2.58 bits per heavy atom. The molecule has 0 saturated carbocycles. The number of nitrogens with zero attached hydrogens (tertiary/aromatic N) is 3. The fourth-order valence-electron chi connectivity index (χ4n) is 3.96. The van der Waals surface area contributed by atoms with Crippen LogP contribution in [-0.2, 0) is 4.74 Å². The van der Waals surface area contributed by atoms with Crippen molar-refractivity contribution in [3.8, 4) is 0 Å². The number of ether oxygens (including phenoxy) is 1. The van der Waals surface area contributed by atoms with Gasteiger partial charge in [-0.2, -0.15) is 0 Å². The van der Waals surface area contributed by atoms with Crippen LogP contribution < -0.4 is 4.90 Å². The van der Waals surface area contributed by atoms with Gasteiger partial charge in [0.1, 0.15) is 0 Å². The van der Waals surface area contributed by atoms with Crippen LogP contribution in [0.15, 0.2) is 30.3 Å². The van der Waals surface area contributed by atoms with E-state index in [1.807, 2.05) is 30.9 Å². The summed E-state index contributed by atoms with van der Waals surface area (Å²) in [5, 5.41) is 0.785. The summed E-state index contributed by atoms with van der Waals surface area (Å²) in [6.07, 6.45) is 0.907. The molecule has 0 atom stereocenters. The molecule has 0 aliphatic carbocycles. The number of carbonyl (C=O) groups is 1. The molecule has 1 aliphatic rings. The van der Waals surface area contributed by atoms with Gasteiger partial charge < -0.3 is 4.74 Å². The highest BCUT2D eigenvalue weighted by molar-refractivity contribution is 7.22. The smallest absolute Gasteiger partial charge is 0.260 e. The van der Waals surface area contributed by atoms with Crippen molar-refractivity contribution in [2.45, 2.75) is 34.1 Å². The molecule has 1 saturated heterocycles. The molecule has 6 heteroatoms. The first-order chi connectivity index (χ1) is 14.9. The van der Waals surface area contributed by atoms with Crippen LogP contribution >= 0.6 is 11.3 Å². The van der Waals surface area contributed by atoms with E-state index in [4.69, 9.17) is 9.72 Å². The SMILES string of the molecule is Cc1ccc(C)c(C(=O)N(CCCN2CCOCC2)c2nc3cc(C)c(C)cc3s2)c1. The fraction of sp³-hybridized carbons (Fsp3) is 0.440. The van der Waals surface area contributed by atoms with E-state index < -0.39 is 0 Å². The maximum absolute atomic E-state index is 13.7. The molecule has 2 heterocycles. The van der Waals surface area contributed by atoms with E-state index in [9.17, 15) is 4.79 Å². The monoisotopic (exact) mass is 437 g/mol. The highest BCUT2D eigenvalue weighted by atomic mass is 32.1. The van der Waals surface area contributed by atoms with Gasteiger partial charge in [-0.1, -0.05) is 29.0 Å². The lowest BCUT2D eigenvalue weighted by molar-refractivity contribution is 0.0376. The molecule has 3 aromatic rings. The maximum Gasteiger partial charge on any atom is 0.260 e. The molecule has 5 nitrogen and oxygen atoms in total. The number of benzene rings is 2. The van der Waals surface area contributed by atoms with Gasteiger partial charge in [0.25, 0.3) is 5.91 Å². The average molecular weight is 438 g/mol. The maximum atomic E-state index is 13.7. The summed E-state index contributed by atoms with van der Waals surface area (Å²) in [4.78, 5) is 22.8. The van der Waals surface area contributed by atoms with E-state index in [2.05, 4.69) is 36.9 Å². The van der Waals surface area contributed by atoms with Gasteiger partial charge in [0.2, 0.25) is 0 Å². The van der Waals surface area contributed by atoms with E-state index in [0.29, 0.717) is 6.54 Å². The molecule has 164 valence electrons. The highest BCUT2D eigenvalue weighted by Crippen LogP contribution is 2.32. The van der Waals surface area contributed by atoms with Crippen LogP contribution in [0, 0.1) is 27.7 Å². The summed E-state index contributed by atoms with van der Waals surface area (Å²) in [5.74, 6) is 0.0377. The van der Waals surface area contributed by atoms with Crippen molar-refractivity contribution in [2.75, 3.05) is 44.3 Å². The Balaban J connectivity index is 1.63. The Morgan fingerprint density at radius 1 is 1.06 bits per heavy atom. The van der Waals surface area contributed by atoms with Gasteiger partial charge in [0.05, 0.1) is 23.4 Å². The van der Waals surface area contributed by atoms with Crippen LogP contribution in [-0.4, -0.2) is 55.2 Å². The number of hydrogen-bond donors (Lipinski definition) is 0. The van der Waals surface area contributed by atoms with Crippen molar-refractivity contribution < 1.29 is 9.53 Å². The average Bonchev–Trinajstić information content (AvgIpc) is 3.15. The number of hydrogen-bond acceptors (Lipinski definition) is 5. The van der Waals surface area contributed by atoms with Crippen molar-refractivity contribution in [1.82, 2.24) is 9.88 Å². The fourth-order valence-corrected chi connectivity index (χ4v) is 5.03. The summed E-state index contributed by atoms with van der Waals surface area (Å²) in [6, 6.07) is 10.4. The predicted molar refractivity (Wildman–Crippen MR) is 129 cm³/mol. The molecule has 0 N–H and O–H groups in total. The molecular formula is C25H31N3O2S. The number of morpholine rings is 1. The number of amides is 1. The Labute approximate surface area is 188 Å². The molecule has 31 heavy (non-hydrogen) atoms. The lowest BCUT2D eigenvalue weighted by atomic mass is 10.0. The van der Waals surface area contributed by atoms with Crippen molar-refractivity contribution in [3.63, 3.8) is 0 Å². The molecule has 1 fully saturated rings. The van der Waals surface area contributed by atoms with E-state index in [-0.39, 0.29) is 5.91 Å². The summed E-state index contributed by atoms with van der Waals surface area (Å²) in [5.41, 5.74) is 6.30. The van der Waals surface area contributed by atoms with Gasteiger partial charge in [0.15, 0.2) is 5.13 Å². The molecule has 0 radical (unpaired) electrons. The summed E-state index contributed by atoms with van der Waals surface area (Å²) in [6.45, 7) is 13.4. The van der Waals surface area contributed by atoms with Gasteiger partial charge in [-0.3, -0.25) is 14.6 Å². The number of anilines is 1. The summed E-state index contributed by atoms with van der Waals surface area (Å²) < 4.78 is 6.58. The Bertz CT molecular complexity index is 1050. The van der Waals surface area contributed by atoms with Crippen LogP contribution in [0.25, 0.3) is 10.2 Å². The van der Waals surface area contributed by atoms with Crippen molar-refractivity contribution >= 4 is 32.6 Å². The number of aryl methyl sites for hydroxylation is 4. The minimum absolute atomic E-state index is 0.0377. The molecule has 0 spiro atoms. The van der Waals surface area contributed by atoms with Crippen LogP contribution in [0.4, 0.5) is 5.13 Å². The van der Waals surface area contributed by atoms with Crippen LogP contribution in [0.2, 0.25) is 0 Å². The topological polar surface area (TPSA) is 45.7 Å². The zero-order valence-electron chi connectivity index (χ0n) is 18.9. The summed E-state index contributed by atoms with van der Waals surface area (Å²) >= 11 is 1.61. The standard InChI is InChI=1S/C25H31N3O2S/c1-17-6-7-18(2)21(14-17)24(29)28(9-5-8-27-10-12-30-13-11-27)25-26-22-15-19(3)20(4)16-23(22)31-25/h6-7,14-16H,5,8-13H2,1-4H3. The van der Waals surface area contributed by atoms with Gasteiger partial charge in [-0.15, -0.1) is 0 Å². The Morgan fingerprint density at radius 2 is 1.81 bits per heavy atom. The third-order valence-corrected chi connectivity index (χ3v) is 7.09. The molecule has 1 amide bonds. The van der Waals surface area contributed by atoms with E-state index in [0.717, 1.165) is 71.3 Å². The third-order valence-electron chi connectivity index (χ3n) is 6.05. The minimum Gasteiger partial charge on any atom is -0.379 e. The lowest BCUT2D eigenvalue weighted by Crippen LogP contribution is -2.39.